The Morgan fingerprint density at radius 1 is 1.03 bits per heavy atom. The summed E-state index contributed by atoms with van der Waals surface area (Å²) in [6.07, 6.45) is 2.72. The van der Waals surface area contributed by atoms with Gasteiger partial charge in [-0.25, -0.2) is 19.7 Å². The molecule has 0 aliphatic rings. The van der Waals surface area contributed by atoms with E-state index in [2.05, 4.69) is 20.3 Å². The van der Waals surface area contributed by atoms with Gasteiger partial charge in [-0.3, -0.25) is 14.2 Å². The molecule has 0 fully saturated rings. The minimum absolute atomic E-state index is 0.222. The number of hydrogen-bond donors (Lipinski definition) is 1. The molecule has 1 amide bonds. The van der Waals surface area contributed by atoms with Gasteiger partial charge in [-0.2, -0.15) is 0 Å². The van der Waals surface area contributed by atoms with E-state index in [0.29, 0.717) is 17.1 Å². The third kappa shape index (κ3) is 4.93. The second kappa shape index (κ2) is 9.39. The highest BCUT2D eigenvalue weighted by Crippen LogP contribution is 2.16. The molecule has 0 aliphatic carbocycles. The maximum atomic E-state index is 12.8. The maximum absolute atomic E-state index is 12.8. The number of aromatic nitrogens is 4. The number of ether oxygens (including phenoxy) is 1. The lowest BCUT2D eigenvalue weighted by Crippen LogP contribution is -2.28. The van der Waals surface area contributed by atoms with Gasteiger partial charge in [0, 0.05) is 17.4 Å². The van der Waals surface area contributed by atoms with Gasteiger partial charge in [-0.1, -0.05) is 29.8 Å². The standard InChI is InChI=1S/C24H21N5O4/c1-3-33-24(32)17-8-10-18(11-9-17)27-20(30)13-29-14-26-22-19(23(29)31)12-25-21(28-22)16-6-4-15(2)5-7-16/h4-12,14H,3,13H2,1-2H3,(H,27,30). The molecule has 0 unspecified atom stereocenters. The molecule has 1 N–H and O–H groups in total. The van der Waals surface area contributed by atoms with Crippen molar-refractivity contribution in [2.45, 2.75) is 20.4 Å². The summed E-state index contributed by atoms with van der Waals surface area (Å²) >= 11 is 0. The summed E-state index contributed by atoms with van der Waals surface area (Å²) in [5, 5.41) is 2.91. The minimum Gasteiger partial charge on any atom is -0.462 e. The van der Waals surface area contributed by atoms with Crippen molar-refractivity contribution in [3.63, 3.8) is 0 Å². The van der Waals surface area contributed by atoms with E-state index in [0.717, 1.165) is 11.1 Å². The van der Waals surface area contributed by atoms with Crippen LogP contribution in [0, 0.1) is 6.92 Å². The van der Waals surface area contributed by atoms with E-state index < -0.39 is 17.4 Å². The zero-order chi connectivity index (χ0) is 23.4. The lowest BCUT2D eigenvalue weighted by molar-refractivity contribution is -0.116. The number of nitrogens with one attached hydrogen (secondary N) is 1. The Kier molecular flexibility index (Phi) is 6.21. The molecule has 0 saturated carbocycles. The number of benzene rings is 2. The second-order valence-electron chi connectivity index (χ2n) is 7.32. The predicted molar refractivity (Wildman–Crippen MR) is 123 cm³/mol. The highest BCUT2D eigenvalue weighted by molar-refractivity contribution is 5.93. The Morgan fingerprint density at radius 2 is 1.76 bits per heavy atom. The fourth-order valence-corrected chi connectivity index (χ4v) is 3.17. The Balaban J connectivity index is 1.49. The molecule has 4 aromatic rings. The first-order valence-corrected chi connectivity index (χ1v) is 10.3. The highest BCUT2D eigenvalue weighted by Gasteiger charge is 2.12. The van der Waals surface area contributed by atoms with E-state index in [4.69, 9.17) is 4.74 Å². The van der Waals surface area contributed by atoms with Crippen molar-refractivity contribution in [1.82, 2.24) is 19.5 Å². The molecule has 2 heterocycles. The van der Waals surface area contributed by atoms with Gasteiger partial charge in [0.25, 0.3) is 5.56 Å². The molecule has 0 aliphatic heterocycles. The predicted octanol–water partition coefficient (Wildman–Crippen LogP) is 2.98. The van der Waals surface area contributed by atoms with E-state index >= 15 is 0 Å². The van der Waals surface area contributed by atoms with Gasteiger partial charge in [0.15, 0.2) is 11.5 Å². The molecule has 9 nitrogen and oxygen atoms in total. The van der Waals surface area contributed by atoms with Gasteiger partial charge in [0.2, 0.25) is 5.91 Å². The molecule has 2 aromatic carbocycles. The first kappa shape index (κ1) is 21.8. The lowest BCUT2D eigenvalue weighted by atomic mass is 10.1. The van der Waals surface area contributed by atoms with Crippen LogP contribution in [0.5, 0.6) is 0 Å². The molecule has 2 aromatic heterocycles. The molecule has 4 rings (SSSR count). The van der Waals surface area contributed by atoms with Crippen LogP contribution in [0.3, 0.4) is 0 Å². The zero-order valence-corrected chi connectivity index (χ0v) is 18.1. The van der Waals surface area contributed by atoms with Crippen LogP contribution in [0.1, 0.15) is 22.8 Å². The normalized spacial score (nSPS) is 10.7. The van der Waals surface area contributed by atoms with Gasteiger partial charge in [0.05, 0.1) is 12.2 Å². The van der Waals surface area contributed by atoms with Gasteiger partial charge in [-0.05, 0) is 38.1 Å². The van der Waals surface area contributed by atoms with Crippen LogP contribution in [0.15, 0.2) is 65.8 Å². The third-order valence-corrected chi connectivity index (χ3v) is 4.88. The fourth-order valence-electron chi connectivity index (χ4n) is 3.17. The van der Waals surface area contributed by atoms with E-state index in [1.165, 1.54) is 17.1 Å². The molecular weight excluding hydrogens is 422 g/mol. The molecule has 166 valence electrons. The highest BCUT2D eigenvalue weighted by atomic mass is 16.5. The van der Waals surface area contributed by atoms with Gasteiger partial charge in [0.1, 0.15) is 18.3 Å². The zero-order valence-electron chi connectivity index (χ0n) is 18.1. The van der Waals surface area contributed by atoms with Crippen LogP contribution in [-0.4, -0.2) is 38.0 Å². The van der Waals surface area contributed by atoms with E-state index in [1.807, 2.05) is 31.2 Å². The smallest absolute Gasteiger partial charge is 0.338 e. The molecule has 0 atom stereocenters. The summed E-state index contributed by atoms with van der Waals surface area (Å²) in [4.78, 5) is 49.9. The van der Waals surface area contributed by atoms with Crippen LogP contribution in [-0.2, 0) is 16.1 Å². The summed E-state index contributed by atoms with van der Waals surface area (Å²) in [7, 11) is 0. The molecule has 9 heteroatoms. The van der Waals surface area contributed by atoms with Crippen LogP contribution < -0.4 is 10.9 Å². The molecular formula is C24H21N5O4. The van der Waals surface area contributed by atoms with Gasteiger partial charge in [-0.15, -0.1) is 0 Å². The number of nitrogens with zero attached hydrogens (tertiary/aromatic N) is 4. The van der Waals surface area contributed by atoms with E-state index in [-0.39, 0.29) is 24.2 Å². The molecule has 33 heavy (non-hydrogen) atoms. The van der Waals surface area contributed by atoms with Crippen molar-refractivity contribution in [2.24, 2.45) is 0 Å². The average molecular weight is 443 g/mol. The Morgan fingerprint density at radius 3 is 2.45 bits per heavy atom. The lowest BCUT2D eigenvalue weighted by Gasteiger charge is -2.09. The summed E-state index contributed by atoms with van der Waals surface area (Å²) < 4.78 is 6.13. The van der Waals surface area contributed by atoms with Crippen molar-refractivity contribution >= 4 is 28.6 Å². The summed E-state index contributed by atoms with van der Waals surface area (Å²) in [5.74, 6) is -0.382. The minimum atomic E-state index is -0.433. The number of aryl methyl sites for hydroxylation is 1. The number of hydrogen-bond acceptors (Lipinski definition) is 7. The van der Waals surface area contributed by atoms with Crippen molar-refractivity contribution in [1.29, 1.82) is 0 Å². The summed E-state index contributed by atoms with van der Waals surface area (Å²) in [5.41, 5.74) is 2.66. The Bertz CT molecular complexity index is 1380. The SMILES string of the molecule is CCOC(=O)c1ccc(NC(=O)Cn2cnc3nc(-c4ccc(C)cc4)ncc3c2=O)cc1. The molecule has 0 bridgehead atoms. The van der Waals surface area contributed by atoms with Crippen molar-refractivity contribution in [3.8, 4) is 11.4 Å². The number of rotatable bonds is 6. The van der Waals surface area contributed by atoms with Crippen LogP contribution in [0.4, 0.5) is 5.69 Å². The number of amides is 1. The van der Waals surface area contributed by atoms with Gasteiger partial charge < -0.3 is 10.1 Å². The summed E-state index contributed by atoms with van der Waals surface area (Å²) in [6, 6.07) is 14.0. The number of carbonyl (C=O) groups is 2. The number of carbonyl (C=O) groups excluding carboxylic acids is 2. The van der Waals surface area contributed by atoms with Crippen molar-refractivity contribution in [3.05, 3.63) is 82.5 Å². The molecule has 0 spiro atoms. The van der Waals surface area contributed by atoms with Crippen molar-refractivity contribution in [2.75, 3.05) is 11.9 Å². The first-order valence-electron chi connectivity index (χ1n) is 10.3. The van der Waals surface area contributed by atoms with Gasteiger partial charge >= 0.3 is 5.97 Å². The fraction of sp³-hybridized carbons (Fsp3) is 0.167. The van der Waals surface area contributed by atoms with Crippen LogP contribution >= 0.6 is 0 Å². The Labute approximate surface area is 189 Å². The van der Waals surface area contributed by atoms with Crippen molar-refractivity contribution < 1.29 is 14.3 Å². The number of fused-ring (bicyclic) bond motifs is 1. The monoisotopic (exact) mass is 443 g/mol. The first-order chi connectivity index (χ1) is 15.9. The number of anilines is 1. The van der Waals surface area contributed by atoms with Crippen LogP contribution in [0.25, 0.3) is 22.4 Å². The second-order valence-corrected chi connectivity index (χ2v) is 7.32. The topological polar surface area (TPSA) is 116 Å². The maximum Gasteiger partial charge on any atom is 0.338 e. The molecule has 0 saturated heterocycles. The Hall–Kier alpha value is -4.40. The third-order valence-electron chi connectivity index (χ3n) is 4.88. The molecule has 0 radical (unpaired) electrons. The average Bonchev–Trinajstić information content (AvgIpc) is 2.82. The van der Waals surface area contributed by atoms with E-state index in [9.17, 15) is 14.4 Å². The van der Waals surface area contributed by atoms with E-state index in [1.54, 1.807) is 31.2 Å². The number of esters is 1. The quantitative estimate of drug-likeness (QED) is 0.455. The largest absolute Gasteiger partial charge is 0.462 e. The summed E-state index contributed by atoms with van der Waals surface area (Å²) in [6.45, 7) is 3.76. The van der Waals surface area contributed by atoms with Crippen LogP contribution in [0.2, 0.25) is 0 Å².